The summed E-state index contributed by atoms with van der Waals surface area (Å²) >= 11 is 0. The third-order valence-electron chi connectivity index (χ3n) is 2.58. The first kappa shape index (κ1) is 14.0. The van der Waals surface area contributed by atoms with Crippen molar-refractivity contribution in [3.05, 3.63) is 42.0 Å². The van der Waals surface area contributed by atoms with Crippen molar-refractivity contribution in [3.63, 3.8) is 0 Å². The SMILES string of the molecule is COc1nc(Nc2ccccc2C(F)(F)F)ccc1N. The highest BCUT2D eigenvalue weighted by atomic mass is 19.4. The Hall–Kier alpha value is -2.44. The van der Waals surface area contributed by atoms with E-state index < -0.39 is 11.7 Å². The van der Waals surface area contributed by atoms with Gasteiger partial charge >= 0.3 is 6.18 Å². The van der Waals surface area contributed by atoms with E-state index in [1.807, 2.05) is 0 Å². The lowest BCUT2D eigenvalue weighted by atomic mass is 10.1. The van der Waals surface area contributed by atoms with Crippen LogP contribution in [0.15, 0.2) is 36.4 Å². The Morgan fingerprint density at radius 2 is 1.85 bits per heavy atom. The largest absolute Gasteiger partial charge is 0.479 e. The van der Waals surface area contributed by atoms with Crippen molar-refractivity contribution < 1.29 is 17.9 Å². The fraction of sp³-hybridized carbons (Fsp3) is 0.154. The first-order valence-electron chi connectivity index (χ1n) is 5.65. The standard InChI is InChI=1S/C13H12F3N3O/c1-20-12-9(17)6-7-11(19-12)18-10-5-3-2-4-8(10)13(14,15)16/h2-7H,17H2,1H3,(H,18,19). The number of methoxy groups -OCH3 is 1. The molecule has 0 unspecified atom stereocenters. The molecular weight excluding hydrogens is 271 g/mol. The van der Waals surface area contributed by atoms with Gasteiger partial charge in [0.15, 0.2) is 0 Å². The molecule has 0 atom stereocenters. The van der Waals surface area contributed by atoms with Gasteiger partial charge in [-0.3, -0.25) is 0 Å². The molecule has 0 aliphatic heterocycles. The number of benzene rings is 1. The molecule has 7 heteroatoms. The maximum atomic E-state index is 12.9. The van der Waals surface area contributed by atoms with Crippen molar-refractivity contribution in [3.8, 4) is 5.88 Å². The molecule has 2 rings (SSSR count). The van der Waals surface area contributed by atoms with Gasteiger partial charge < -0.3 is 15.8 Å². The van der Waals surface area contributed by atoms with Gasteiger partial charge in [-0.25, -0.2) is 0 Å². The lowest BCUT2D eigenvalue weighted by Gasteiger charge is -2.14. The number of hydrogen-bond donors (Lipinski definition) is 2. The van der Waals surface area contributed by atoms with Gasteiger partial charge in [-0.1, -0.05) is 12.1 Å². The summed E-state index contributed by atoms with van der Waals surface area (Å²) in [6, 6.07) is 8.14. The highest BCUT2D eigenvalue weighted by Crippen LogP contribution is 2.35. The molecule has 0 aliphatic rings. The van der Waals surface area contributed by atoms with Gasteiger partial charge in [-0.2, -0.15) is 18.2 Å². The van der Waals surface area contributed by atoms with E-state index in [2.05, 4.69) is 10.3 Å². The van der Waals surface area contributed by atoms with Crippen molar-refractivity contribution in [1.29, 1.82) is 0 Å². The summed E-state index contributed by atoms with van der Waals surface area (Å²) in [6.07, 6.45) is -4.44. The zero-order valence-electron chi connectivity index (χ0n) is 10.5. The molecule has 0 amide bonds. The van der Waals surface area contributed by atoms with Crippen molar-refractivity contribution in [2.75, 3.05) is 18.2 Å². The number of halogens is 3. The number of anilines is 3. The number of aromatic nitrogens is 1. The molecule has 3 N–H and O–H groups in total. The zero-order valence-corrected chi connectivity index (χ0v) is 10.5. The maximum Gasteiger partial charge on any atom is 0.418 e. The highest BCUT2D eigenvalue weighted by molar-refractivity contribution is 5.64. The topological polar surface area (TPSA) is 60.2 Å². The number of para-hydroxylation sites is 1. The quantitative estimate of drug-likeness (QED) is 0.906. The summed E-state index contributed by atoms with van der Waals surface area (Å²) in [5.41, 5.74) is 5.05. The van der Waals surface area contributed by atoms with Crippen LogP contribution in [0, 0.1) is 0 Å². The van der Waals surface area contributed by atoms with Crippen LogP contribution in [0.1, 0.15) is 5.56 Å². The summed E-state index contributed by atoms with van der Waals surface area (Å²) in [6.45, 7) is 0. The molecule has 2 aromatic rings. The van der Waals surface area contributed by atoms with Crippen LogP contribution in [-0.4, -0.2) is 12.1 Å². The van der Waals surface area contributed by atoms with Gasteiger partial charge in [0, 0.05) is 0 Å². The zero-order chi connectivity index (χ0) is 14.8. The van der Waals surface area contributed by atoms with E-state index in [4.69, 9.17) is 10.5 Å². The average molecular weight is 283 g/mol. The Morgan fingerprint density at radius 1 is 1.15 bits per heavy atom. The minimum Gasteiger partial charge on any atom is -0.479 e. The van der Waals surface area contributed by atoms with Gasteiger partial charge in [0.2, 0.25) is 5.88 Å². The normalized spacial score (nSPS) is 11.2. The smallest absolute Gasteiger partial charge is 0.418 e. The van der Waals surface area contributed by atoms with Crippen LogP contribution in [0.5, 0.6) is 5.88 Å². The molecule has 4 nitrogen and oxygen atoms in total. The Kier molecular flexibility index (Phi) is 3.69. The van der Waals surface area contributed by atoms with Gasteiger partial charge in [-0.05, 0) is 24.3 Å². The van der Waals surface area contributed by atoms with Crippen LogP contribution in [0.2, 0.25) is 0 Å². The number of rotatable bonds is 3. The molecule has 0 fully saturated rings. The van der Waals surface area contributed by atoms with E-state index in [1.165, 1.54) is 37.4 Å². The Bertz CT molecular complexity index is 614. The van der Waals surface area contributed by atoms with Crippen LogP contribution in [0.4, 0.5) is 30.4 Å². The Morgan fingerprint density at radius 3 is 2.50 bits per heavy atom. The van der Waals surface area contributed by atoms with E-state index in [9.17, 15) is 13.2 Å². The maximum absolute atomic E-state index is 12.9. The van der Waals surface area contributed by atoms with Gasteiger partial charge in [0.25, 0.3) is 0 Å². The Labute approximate surface area is 113 Å². The van der Waals surface area contributed by atoms with Crippen molar-refractivity contribution >= 4 is 17.2 Å². The number of pyridine rings is 1. The van der Waals surface area contributed by atoms with Crippen LogP contribution in [-0.2, 0) is 6.18 Å². The summed E-state index contributed by atoms with van der Waals surface area (Å²) < 4.78 is 43.5. The third kappa shape index (κ3) is 2.93. The van der Waals surface area contributed by atoms with Gasteiger partial charge in [-0.15, -0.1) is 0 Å². The first-order valence-corrected chi connectivity index (χ1v) is 5.65. The van der Waals surface area contributed by atoms with Crippen LogP contribution >= 0.6 is 0 Å². The predicted octanol–water partition coefficient (Wildman–Crippen LogP) is 3.43. The number of ether oxygens (including phenoxy) is 1. The van der Waals surface area contributed by atoms with Gasteiger partial charge in [0.05, 0.1) is 24.0 Å². The Balaban J connectivity index is 2.36. The van der Waals surface area contributed by atoms with Crippen molar-refractivity contribution in [2.24, 2.45) is 0 Å². The van der Waals surface area contributed by atoms with Crippen LogP contribution in [0.3, 0.4) is 0 Å². The van der Waals surface area contributed by atoms with E-state index in [-0.39, 0.29) is 17.4 Å². The van der Waals surface area contributed by atoms with Gasteiger partial charge in [0.1, 0.15) is 5.82 Å². The fourth-order valence-corrected chi connectivity index (χ4v) is 1.66. The molecule has 0 radical (unpaired) electrons. The molecule has 0 saturated carbocycles. The summed E-state index contributed by atoms with van der Waals surface area (Å²) in [4.78, 5) is 3.98. The monoisotopic (exact) mass is 283 g/mol. The molecule has 20 heavy (non-hydrogen) atoms. The second kappa shape index (κ2) is 5.28. The molecule has 0 bridgehead atoms. The minimum atomic E-state index is -4.44. The number of nitrogen functional groups attached to an aromatic ring is 1. The number of alkyl halides is 3. The van der Waals surface area contributed by atoms with Crippen molar-refractivity contribution in [2.45, 2.75) is 6.18 Å². The second-order valence-corrected chi connectivity index (χ2v) is 3.96. The molecule has 0 aliphatic carbocycles. The molecule has 106 valence electrons. The van der Waals surface area contributed by atoms with Crippen molar-refractivity contribution in [1.82, 2.24) is 4.98 Å². The summed E-state index contributed by atoms with van der Waals surface area (Å²) in [5, 5.41) is 2.61. The predicted molar refractivity (Wildman–Crippen MR) is 69.9 cm³/mol. The fourth-order valence-electron chi connectivity index (χ4n) is 1.66. The van der Waals surface area contributed by atoms with E-state index >= 15 is 0 Å². The summed E-state index contributed by atoms with van der Waals surface area (Å²) in [7, 11) is 1.38. The molecule has 0 saturated heterocycles. The third-order valence-corrected chi connectivity index (χ3v) is 2.58. The number of hydrogen-bond acceptors (Lipinski definition) is 4. The number of nitrogens with zero attached hydrogens (tertiary/aromatic N) is 1. The van der Waals surface area contributed by atoms with Crippen LogP contribution < -0.4 is 15.8 Å². The molecule has 0 spiro atoms. The lowest BCUT2D eigenvalue weighted by Crippen LogP contribution is -2.09. The molecular formula is C13H12F3N3O. The second-order valence-electron chi connectivity index (χ2n) is 3.96. The van der Waals surface area contributed by atoms with Crippen LogP contribution in [0.25, 0.3) is 0 Å². The average Bonchev–Trinajstić information content (AvgIpc) is 2.40. The minimum absolute atomic E-state index is 0.0840. The van der Waals surface area contributed by atoms with E-state index in [0.717, 1.165) is 6.07 Å². The molecule has 1 aromatic heterocycles. The van der Waals surface area contributed by atoms with E-state index in [1.54, 1.807) is 0 Å². The number of nitrogens with one attached hydrogen (secondary N) is 1. The van der Waals surface area contributed by atoms with E-state index in [0.29, 0.717) is 5.69 Å². The highest BCUT2D eigenvalue weighted by Gasteiger charge is 2.33. The molecule has 1 aromatic carbocycles. The first-order chi connectivity index (χ1) is 9.41. The number of nitrogens with two attached hydrogens (primary N) is 1. The summed E-state index contributed by atoms with van der Waals surface area (Å²) in [5.74, 6) is 0.368. The molecule has 1 heterocycles. The lowest BCUT2D eigenvalue weighted by molar-refractivity contribution is -0.136.